The molecule has 2 aromatic rings. The van der Waals surface area contributed by atoms with Gasteiger partial charge in [-0.15, -0.1) is 0 Å². The predicted octanol–water partition coefficient (Wildman–Crippen LogP) is 3.12. The number of methoxy groups -OCH3 is 1. The largest absolute Gasteiger partial charge is 0.497 e. The number of unbranched alkanes of at least 4 members (excludes halogenated alkanes) is 2. The molecule has 0 atom stereocenters. The smallest absolute Gasteiger partial charge is 0.255 e. The van der Waals surface area contributed by atoms with Crippen LogP contribution in [0.2, 0.25) is 0 Å². The van der Waals surface area contributed by atoms with Crippen LogP contribution in [0.25, 0.3) is 0 Å². The molecule has 31 heavy (non-hydrogen) atoms. The lowest BCUT2D eigenvalue weighted by Crippen LogP contribution is -2.48. The highest BCUT2D eigenvalue weighted by atomic mass is 79.9. The zero-order chi connectivity index (χ0) is 22.2. The second-order valence-electron chi connectivity index (χ2n) is 7.69. The SMILES string of the molecule is COc1ccc(Br)c(C(=O)N2CCN(CCCCCc3ccc(C(N)=O)cn3)CC2)c1. The Morgan fingerprint density at radius 3 is 2.52 bits per heavy atom. The Balaban J connectivity index is 1.36. The minimum Gasteiger partial charge on any atom is -0.497 e. The molecule has 1 aliphatic rings. The normalized spacial score (nSPS) is 14.5. The van der Waals surface area contributed by atoms with Crippen molar-refractivity contribution >= 4 is 27.7 Å². The maximum Gasteiger partial charge on any atom is 0.255 e. The summed E-state index contributed by atoms with van der Waals surface area (Å²) < 4.78 is 6.04. The summed E-state index contributed by atoms with van der Waals surface area (Å²) in [4.78, 5) is 32.6. The van der Waals surface area contributed by atoms with Gasteiger partial charge in [-0.3, -0.25) is 19.5 Å². The van der Waals surface area contributed by atoms with Crippen molar-refractivity contribution in [2.24, 2.45) is 5.73 Å². The summed E-state index contributed by atoms with van der Waals surface area (Å²) >= 11 is 3.48. The zero-order valence-electron chi connectivity index (χ0n) is 17.8. The molecule has 0 saturated carbocycles. The molecule has 0 radical (unpaired) electrons. The molecule has 0 unspecified atom stereocenters. The highest BCUT2D eigenvalue weighted by Crippen LogP contribution is 2.24. The second-order valence-corrected chi connectivity index (χ2v) is 8.55. The lowest BCUT2D eigenvalue weighted by atomic mass is 10.1. The Labute approximate surface area is 191 Å². The summed E-state index contributed by atoms with van der Waals surface area (Å²) in [5.74, 6) is 0.279. The summed E-state index contributed by atoms with van der Waals surface area (Å²) in [5, 5.41) is 0. The molecule has 0 bridgehead atoms. The molecule has 8 heteroatoms. The van der Waals surface area contributed by atoms with Gasteiger partial charge in [0.05, 0.1) is 18.2 Å². The molecular weight excluding hydrogens is 460 g/mol. The first kappa shape index (κ1) is 23.2. The minimum atomic E-state index is -0.447. The summed E-state index contributed by atoms with van der Waals surface area (Å²) in [7, 11) is 1.60. The Kier molecular flexibility index (Phi) is 8.43. The molecule has 166 valence electrons. The van der Waals surface area contributed by atoms with Gasteiger partial charge in [-0.25, -0.2) is 0 Å². The van der Waals surface area contributed by atoms with Crippen molar-refractivity contribution in [1.29, 1.82) is 0 Å². The fourth-order valence-electron chi connectivity index (χ4n) is 3.68. The summed E-state index contributed by atoms with van der Waals surface area (Å²) in [6.45, 7) is 4.29. The molecule has 0 spiro atoms. The standard InChI is InChI=1S/C23H29BrN4O3/c1-31-19-8-9-21(24)20(15-19)23(30)28-13-11-27(12-14-28)10-4-2-3-5-18-7-6-17(16-26-18)22(25)29/h6-9,15-16H,2-5,10-14H2,1H3,(H2,25,29). The van der Waals surface area contributed by atoms with Crippen LogP contribution < -0.4 is 10.5 Å². The van der Waals surface area contributed by atoms with Crippen molar-refractivity contribution in [2.75, 3.05) is 39.8 Å². The number of rotatable bonds is 9. The lowest BCUT2D eigenvalue weighted by molar-refractivity contribution is 0.0634. The van der Waals surface area contributed by atoms with Crippen molar-refractivity contribution < 1.29 is 14.3 Å². The van der Waals surface area contributed by atoms with E-state index in [-0.39, 0.29) is 5.91 Å². The van der Waals surface area contributed by atoms with Crippen LogP contribution in [0.5, 0.6) is 5.75 Å². The number of ether oxygens (including phenoxy) is 1. The van der Waals surface area contributed by atoms with E-state index in [1.165, 1.54) is 0 Å². The van der Waals surface area contributed by atoms with Crippen LogP contribution in [0.3, 0.4) is 0 Å². The average molecular weight is 489 g/mol. The average Bonchev–Trinajstić information content (AvgIpc) is 2.79. The molecule has 1 aliphatic heterocycles. The van der Waals surface area contributed by atoms with E-state index in [1.54, 1.807) is 25.4 Å². The van der Waals surface area contributed by atoms with Crippen molar-refractivity contribution in [3.63, 3.8) is 0 Å². The zero-order valence-corrected chi connectivity index (χ0v) is 19.4. The molecule has 2 amide bonds. The summed E-state index contributed by atoms with van der Waals surface area (Å²) in [5.41, 5.74) is 7.31. The van der Waals surface area contributed by atoms with E-state index in [1.807, 2.05) is 23.1 Å². The summed E-state index contributed by atoms with van der Waals surface area (Å²) in [6.07, 6.45) is 5.74. The number of halogens is 1. The number of primary amides is 1. The van der Waals surface area contributed by atoms with Crippen molar-refractivity contribution in [1.82, 2.24) is 14.8 Å². The number of benzene rings is 1. The van der Waals surface area contributed by atoms with Gasteiger partial charge in [-0.1, -0.05) is 6.42 Å². The molecule has 1 fully saturated rings. The van der Waals surface area contributed by atoms with Crippen LogP contribution in [-0.2, 0) is 6.42 Å². The van der Waals surface area contributed by atoms with Crippen molar-refractivity contribution in [2.45, 2.75) is 25.7 Å². The molecule has 2 heterocycles. The van der Waals surface area contributed by atoms with Crippen LogP contribution in [0.4, 0.5) is 0 Å². The molecule has 0 aliphatic carbocycles. The first-order valence-corrected chi connectivity index (χ1v) is 11.4. The monoisotopic (exact) mass is 488 g/mol. The second kappa shape index (κ2) is 11.2. The van der Waals surface area contributed by atoms with Gasteiger partial charge in [0.1, 0.15) is 5.75 Å². The van der Waals surface area contributed by atoms with E-state index >= 15 is 0 Å². The van der Waals surface area contributed by atoms with Crippen LogP contribution in [-0.4, -0.2) is 66.4 Å². The molecule has 3 rings (SSSR count). The number of pyridine rings is 1. The van der Waals surface area contributed by atoms with E-state index in [2.05, 4.69) is 25.8 Å². The highest BCUT2D eigenvalue weighted by Gasteiger charge is 2.23. The maximum atomic E-state index is 12.9. The molecule has 7 nitrogen and oxygen atoms in total. The fourth-order valence-corrected chi connectivity index (χ4v) is 4.09. The number of aromatic nitrogens is 1. The Morgan fingerprint density at radius 1 is 1.10 bits per heavy atom. The van der Waals surface area contributed by atoms with Gasteiger partial charge in [0.2, 0.25) is 5.91 Å². The van der Waals surface area contributed by atoms with Crippen molar-refractivity contribution in [3.05, 3.63) is 57.8 Å². The Bertz CT molecular complexity index is 896. The van der Waals surface area contributed by atoms with E-state index < -0.39 is 5.91 Å². The van der Waals surface area contributed by atoms with Crippen molar-refractivity contribution in [3.8, 4) is 5.75 Å². The fraction of sp³-hybridized carbons (Fsp3) is 0.435. The number of carbonyl (C=O) groups is 2. The number of amides is 2. The van der Waals surface area contributed by atoms with Gasteiger partial charge in [0.25, 0.3) is 5.91 Å². The van der Waals surface area contributed by atoms with E-state index in [4.69, 9.17) is 10.5 Å². The predicted molar refractivity (Wildman–Crippen MR) is 123 cm³/mol. The van der Waals surface area contributed by atoms with Crippen LogP contribution >= 0.6 is 15.9 Å². The number of hydrogen-bond acceptors (Lipinski definition) is 5. The third-order valence-corrected chi connectivity index (χ3v) is 6.27. The highest BCUT2D eigenvalue weighted by molar-refractivity contribution is 9.10. The third kappa shape index (κ3) is 6.51. The molecule has 1 aromatic carbocycles. The Morgan fingerprint density at radius 2 is 1.87 bits per heavy atom. The number of nitrogens with two attached hydrogens (primary N) is 1. The molecule has 2 N–H and O–H groups in total. The number of aryl methyl sites for hydroxylation is 1. The lowest BCUT2D eigenvalue weighted by Gasteiger charge is -2.35. The van der Waals surface area contributed by atoms with Crippen LogP contribution in [0.15, 0.2) is 41.0 Å². The number of piperazine rings is 1. The van der Waals surface area contributed by atoms with Crippen LogP contribution in [0, 0.1) is 0 Å². The summed E-state index contributed by atoms with van der Waals surface area (Å²) in [6, 6.07) is 9.08. The van der Waals surface area contributed by atoms with E-state index in [0.717, 1.165) is 68.6 Å². The number of hydrogen-bond donors (Lipinski definition) is 1. The third-order valence-electron chi connectivity index (χ3n) is 5.58. The van der Waals surface area contributed by atoms with E-state index in [9.17, 15) is 9.59 Å². The van der Waals surface area contributed by atoms with Gasteiger partial charge in [-0.2, -0.15) is 0 Å². The minimum absolute atomic E-state index is 0.0419. The molecule has 1 aromatic heterocycles. The molecule has 1 saturated heterocycles. The molecular formula is C23H29BrN4O3. The maximum absolute atomic E-state index is 12.9. The van der Waals surface area contributed by atoms with Crippen LogP contribution in [0.1, 0.15) is 45.7 Å². The topological polar surface area (TPSA) is 88.8 Å². The first-order valence-electron chi connectivity index (χ1n) is 10.6. The number of nitrogens with zero attached hydrogens (tertiary/aromatic N) is 3. The quantitative estimate of drug-likeness (QED) is 0.547. The van der Waals surface area contributed by atoms with Gasteiger partial charge in [-0.05, 0) is 72.1 Å². The van der Waals surface area contributed by atoms with Gasteiger partial charge in [0, 0.05) is 42.5 Å². The van der Waals surface area contributed by atoms with Gasteiger partial charge >= 0.3 is 0 Å². The Hall–Kier alpha value is -2.45. The first-order chi connectivity index (χ1) is 15.0. The van der Waals surface area contributed by atoms with E-state index in [0.29, 0.717) is 16.9 Å². The number of carbonyl (C=O) groups excluding carboxylic acids is 2. The van der Waals surface area contributed by atoms with Gasteiger partial charge < -0.3 is 15.4 Å². The van der Waals surface area contributed by atoms with Gasteiger partial charge in [0.15, 0.2) is 0 Å².